The Kier molecular flexibility index (Phi) is 8.43. The zero-order valence-corrected chi connectivity index (χ0v) is 22.5. The van der Waals surface area contributed by atoms with Crippen LogP contribution in [-0.4, -0.2) is 37.9 Å². The summed E-state index contributed by atoms with van der Waals surface area (Å²) >= 11 is 1.45. The molecule has 0 radical (unpaired) electrons. The second-order valence-corrected chi connectivity index (χ2v) is 9.89. The second-order valence-electron chi connectivity index (χ2n) is 8.88. The van der Waals surface area contributed by atoms with Gasteiger partial charge in [-0.25, -0.2) is 14.8 Å². The van der Waals surface area contributed by atoms with Crippen LogP contribution >= 0.6 is 11.8 Å². The molecule has 9 heteroatoms. The highest BCUT2D eigenvalue weighted by atomic mass is 32.2. The smallest absolute Gasteiger partial charge is 0.329 e. The zero-order valence-electron chi connectivity index (χ0n) is 21.7. The molecular formula is C32H23N5O3S. The molecule has 7 rings (SSSR count). The Labute approximate surface area is 239 Å². The molecule has 3 aromatic heterocycles. The summed E-state index contributed by atoms with van der Waals surface area (Å²) in [5.74, 6) is -0.391. The van der Waals surface area contributed by atoms with E-state index in [4.69, 9.17) is 10.4 Å². The van der Waals surface area contributed by atoms with Crippen LogP contribution in [-0.2, 0) is 4.79 Å². The summed E-state index contributed by atoms with van der Waals surface area (Å²) in [4.78, 5) is 23.7. The number of carboxylic acid groups (broad SMARTS) is 1. The molecule has 3 aromatic carbocycles. The number of nitrogens with zero attached hydrogens (tertiary/aromatic N) is 5. The number of carboxylic acids is 1. The normalized spacial score (nSPS) is 13.8. The van der Waals surface area contributed by atoms with Crippen LogP contribution in [0.25, 0.3) is 32.7 Å². The highest BCUT2D eigenvalue weighted by molar-refractivity contribution is 8.14. The number of hydrogen-bond donors (Lipinski definition) is 1. The van der Waals surface area contributed by atoms with Crippen LogP contribution in [0.3, 0.4) is 0 Å². The molecule has 0 amide bonds. The molecule has 1 aliphatic rings. The molecular weight excluding hydrogens is 534 g/mol. The van der Waals surface area contributed by atoms with Crippen molar-refractivity contribution in [3.05, 3.63) is 132 Å². The van der Waals surface area contributed by atoms with Gasteiger partial charge in [-0.3, -0.25) is 4.99 Å². The molecule has 200 valence electrons. The number of thioether (sulfide) groups is 1. The Morgan fingerprint density at radius 2 is 1.44 bits per heavy atom. The van der Waals surface area contributed by atoms with E-state index in [0.717, 1.165) is 43.1 Å². The standard InChI is InChI=1S/C13H10N2O2S.C10H6N2.C9H7NO/c16-13(17)11-7-18-12(15-11)10-6-5-8-3-1-2-4-9(8)14-10;11-7-9-6-5-8-3-1-2-4-10(8)12-9;11-10-7-3-5-8-4-1-2-6-9(8)10/h1-6,11H,7H2,(H,16,17);1-6H;1-7H/t11-;;/m1../s1. The molecule has 0 unspecified atom stereocenters. The first-order valence-corrected chi connectivity index (χ1v) is 13.6. The van der Waals surface area contributed by atoms with E-state index in [1.165, 1.54) is 18.0 Å². The lowest BCUT2D eigenvalue weighted by molar-refractivity contribution is -0.577. The maximum atomic E-state index is 11.1. The van der Waals surface area contributed by atoms with Crippen molar-refractivity contribution in [2.24, 2.45) is 4.99 Å². The number of aliphatic imine (C=N–C) groups is 1. The van der Waals surface area contributed by atoms with Crippen molar-refractivity contribution in [3.8, 4) is 6.07 Å². The van der Waals surface area contributed by atoms with E-state index in [1.807, 2.05) is 103 Å². The predicted molar refractivity (Wildman–Crippen MR) is 162 cm³/mol. The van der Waals surface area contributed by atoms with Crippen LogP contribution in [0, 0.1) is 16.5 Å². The lowest BCUT2D eigenvalue weighted by atomic mass is 10.2. The van der Waals surface area contributed by atoms with E-state index in [0.29, 0.717) is 16.5 Å². The minimum Gasteiger partial charge on any atom is -0.618 e. The van der Waals surface area contributed by atoms with Gasteiger partial charge in [0, 0.05) is 34.0 Å². The van der Waals surface area contributed by atoms with Gasteiger partial charge in [-0.05, 0) is 42.5 Å². The van der Waals surface area contributed by atoms with Gasteiger partial charge < -0.3 is 10.3 Å². The first kappa shape index (κ1) is 27.2. The summed E-state index contributed by atoms with van der Waals surface area (Å²) in [6, 6.07) is 35.6. The summed E-state index contributed by atoms with van der Waals surface area (Å²) in [6.07, 6.45) is 1.50. The number of rotatable bonds is 2. The average molecular weight is 558 g/mol. The first-order chi connectivity index (χ1) is 20.0. The Hall–Kier alpha value is -5.33. The molecule has 6 aromatic rings. The van der Waals surface area contributed by atoms with Crippen molar-refractivity contribution < 1.29 is 14.6 Å². The Morgan fingerprint density at radius 3 is 2.10 bits per heavy atom. The van der Waals surface area contributed by atoms with Crippen molar-refractivity contribution in [1.29, 1.82) is 5.26 Å². The number of carbonyl (C=O) groups is 1. The van der Waals surface area contributed by atoms with Crippen LogP contribution in [0.4, 0.5) is 0 Å². The molecule has 0 saturated heterocycles. The van der Waals surface area contributed by atoms with Crippen LogP contribution in [0.15, 0.2) is 120 Å². The number of fused-ring (bicyclic) bond motifs is 3. The molecule has 1 aliphatic heterocycles. The second kappa shape index (κ2) is 12.7. The lowest BCUT2D eigenvalue weighted by Crippen LogP contribution is -2.25. The fourth-order valence-corrected chi connectivity index (χ4v) is 5.08. The fourth-order valence-electron chi connectivity index (χ4n) is 4.09. The summed E-state index contributed by atoms with van der Waals surface area (Å²) in [7, 11) is 0. The molecule has 0 aliphatic carbocycles. The third kappa shape index (κ3) is 6.64. The molecule has 41 heavy (non-hydrogen) atoms. The van der Waals surface area contributed by atoms with Gasteiger partial charge in [0.05, 0.1) is 16.7 Å². The van der Waals surface area contributed by atoms with Crippen LogP contribution < -0.4 is 4.73 Å². The maximum Gasteiger partial charge on any atom is 0.329 e. The first-order valence-electron chi connectivity index (χ1n) is 12.6. The van der Waals surface area contributed by atoms with Crippen molar-refractivity contribution in [1.82, 2.24) is 9.97 Å². The molecule has 0 saturated carbocycles. The van der Waals surface area contributed by atoms with Gasteiger partial charge in [0.1, 0.15) is 16.8 Å². The van der Waals surface area contributed by atoms with Gasteiger partial charge >= 0.3 is 5.97 Å². The number of benzene rings is 3. The van der Waals surface area contributed by atoms with E-state index in [2.05, 4.69) is 15.0 Å². The third-order valence-corrected chi connectivity index (χ3v) is 7.21. The van der Waals surface area contributed by atoms with Crippen molar-refractivity contribution >= 4 is 55.5 Å². The van der Waals surface area contributed by atoms with Crippen molar-refractivity contribution in [3.63, 3.8) is 0 Å². The van der Waals surface area contributed by atoms with Crippen molar-refractivity contribution in [2.75, 3.05) is 5.75 Å². The maximum absolute atomic E-state index is 11.1. The van der Waals surface area contributed by atoms with Gasteiger partial charge in [-0.15, -0.1) is 11.8 Å². The number of aromatic nitrogens is 3. The zero-order chi connectivity index (χ0) is 28.6. The number of aliphatic carboxylic acids is 1. The number of para-hydroxylation sites is 3. The quantitative estimate of drug-likeness (QED) is 0.212. The van der Waals surface area contributed by atoms with Gasteiger partial charge in [-0.1, -0.05) is 54.6 Å². The number of nitriles is 1. The largest absolute Gasteiger partial charge is 0.618 e. The van der Waals surface area contributed by atoms with Gasteiger partial charge in [0.2, 0.25) is 5.52 Å². The summed E-state index contributed by atoms with van der Waals surface area (Å²) in [5, 5.41) is 32.4. The molecule has 8 nitrogen and oxygen atoms in total. The topological polar surface area (TPSA) is 126 Å². The molecule has 0 spiro atoms. The summed E-state index contributed by atoms with van der Waals surface area (Å²) in [6.45, 7) is 0. The lowest BCUT2D eigenvalue weighted by Gasteiger charge is -2.01. The third-order valence-electron chi connectivity index (χ3n) is 6.14. The SMILES string of the molecule is N#Cc1ccc2ccccc2n1.O=C(O)[C@H]1CSC(c2ccc3ccccc3n2)=N1.[O-][n+]1cccc2ccccc21. The minimum atomic E-state index is -0.877. The molecule has 0 bridgehead atoms. The molecule has 1 atom stereocenters. The van der Waals surface area contributed by atoms with Gasteiger partial charge in [-0.2, -0.15) is 9.99 Å². The van der Waals surface area contributed by atoms with Crippen molar-refractivity contribution in [2.45, 2.75) is 6.04 Å². The van der Waals surface area contributed by atoms with E-state index in [1.54, 1.807) is 12.1 Å². The van der Waals surface area contributed by atoms with E-state index in [-0.39, 0.29) is 0 Å². The molecule has 1 N–H and O–H groups in total. The van der Waals surface area contributed by atoms with E-state index >= 15 is 0 Å². The van der Waals surface area contributed by atoms with Crippen LogP contribution in [0.5, 0.6) is 0 Å². The number of pyridine rings is 3. The van der Waals surface area contributed by atoms with E-state index in [9.17, 15) is 10.0 Å². The predicted octanol–water partition coefficient (Wildman–Crippen LogP) is 5.76. The monoisotopic (exact) mass is 557 g/mol. The van der Waals surface area contributed by atoms with Gasteiger partial charge in [0.25, 0.3) is 0 Å². The van der Waals surface area contributed by atoms with Crippen LogP contribution in [0.2, 0.25) is 0 Å². The summed E-state index contributed by atoms with van der Waals surface area (Å²) in [5.41, 5.74) is 3.71. The molecule has 0 fully saturated rings. The number of hydrogen-bond acceptors (Lipinski definition) is 7. The van der Waals surface area contributed by atoms with Gasteiger partial charge in [0.15, 0.2) is 12.2 Å². The summed E-state index contributed by atoms with van der Waals surface area (Å²) < 4.78 is 0.870. The van der Waals surface area contributed by atoms with E-state index < -0.39 is 12.0 Å². The van der Waals surface area contributed by atoms with Crippen LogP contribution in [0.1, 0.15) is 11.4 Å². The minimum absolute atomic E-state index is 0.466. The Balaban J connectivity index is 0.000000129. The molecule has 4 heterocycles. The average Bonchev–Trinajstić information content (AvgIpc) is 3.53. The Morgan fingerprint density at radius 1 is 0.829 bits per heavy atom. The Bertz CT molecular complexity index is 1930. The highest BCUT2D eigenvalue weighted by Crippen LogP contribution is 2.24. The highest BCUT2D eigenvalue weighted by Gasteiger charge is 2.25. The fraction of sp³-hybridized carbons (Fsp3) is 0.0625.